The maximum absolute atomic E-state index is 12.8. The van der Waals surface area contributed by atoms with Gasteiger partial charge in [-0.3, -0.25) is 9.69 Å². The predicted molar refractivity (Wildman–Crippen MR) is 107 cm³/mol. The molecule has 0 radical (unpaired) electrons. The van der Waals surface area contributed by atoms with Crippen molar-refractivity contribution in [3.63, 3.8) is 0 Å². The van der Waals surface area contributed by atoms with Crippen molar-refractivity contribution >= 4 is 11.9 Å². The summed E-state index contributed by atoms with van der Waals surface area (Å²) in [6.45, 7) is 6.68. The molecule has 0 bridgehead atoms. The van der Waals surface area contributed by atoms with E-state index in [1.165, 1.54) is 12.1 Å². The van der Waals surface area contributed by atoms with Crippen molar-refractivity contribution in [2.75, 3.05) is 19.8 Å². The molecule has 154 valence electrons. The quantitative estimate of drug-likeness (QED) is 0.537. The van der Waals surface area contributed by atoms with Crippen molar-refractivity contribution in [3.05, 3.63) is 58.7 Å². The number of hydrogen-bond acceptors (Lipinski definition) is 5. The topological polar surface area (TPSA) is 107 Å². The first-order valence-electron chi connectivity index (χ1n) is 9.38. The number of carboxylic acid groups (broad SMARTS) is 1. The molecule has 1 aliphatic rings. The predicted octanol–water partition coefficient (Wildman–Crippen LogP) is 3.68. The largest absolute Gasteiger partial charge is 0.504 e. The molecule has 1 amide bonds. The van der Waals surface area contributed by atoms with Crippen LogP contribution in [-0.2, 0) is 10.2 Å². The van der Waals surface area contributed by atoms with E-state index < -0.39 is 29.4 Å². The van der Waals surface area contributed by atoms with Gasteiger partial charge in [-0.15, -0.1) is 0 Å². The fourth-order valence-corrected chi connectivity index (χ4v) is 3.41. The van der Waals surface area contributed by atoms with Gasteiger partial charge in [0.2, 0.25) is 0 Å². The molecule has 1 aliphatic heterocycles. The first-order valence-corrected chi connectivity index (χ1v) is 9.38. The van der Waals surface area contributed by atoms with Gasteiger partial charge >= 0.3 is 6.09 Å². The van der Waals surface area contributed by atoms with Crippen LogP contribution in [0.3, 0.4) is 0 Å². The Balaban J connectivity index is 1.93. The summed E-state index contributed by atoms with van der Waals surface area (Å²) < 4.78 is 5.33. The minimum atomic E-state index is -1.14. The molecule has 2 aromatic carbocycles. The van der Waals surface area contributed by atoms with E-state index in [1.807, 2.05) is 12.1 Å². The smallest absolute Gasteiger partial charge is 0.407 e. The Kier molecular flexibility index (Phi) is 5.53. The Labute approximate surface area is 169 Å². The number of ether oxygens (including phenoxy) is 1. The second-order valence-corrected chi connectivity index (χ2v) is 8.12. The van der Waals surface area contributed by atoms with Gasteiger partial charge in [0, 0.05) is 17.7 Å². The van der Waals surface area contributed by atoms with Crippen molar-refractivity contribution in [2.24, 2.45) is 0 Å². The summed E-state index contributed by atoms with van der Waals surface area (Å²) in [6, 6.07) is 9.20. The molecule has 0 saturated carbocycles. The van der Waals surface area contributed by atoms with Gasteiger partial charge < -0.3 is 20.1 Å². The average Bonchev–Trinajstić information content (AvgIpc) is 2.69. The third kappa shape index (κ3) is 4.05. The fraction of sp³-hybridized carbons (Fsp3) is 0.364. The van der Waals surface area contributed by atoms with Gasteiger partial charge in [0.05, 0.1) is 24.8 Å². The molecule has 0 spiro atoms. The molecule has 29 heavy (non-hydrogen) atoms. The zero-order chi connectivity index (χ0) is 21.3. The van der Waals surface area contributed by atoms with E-state index in [0.717, 1.165) is 10.5 Å². The van der Waals surface area contributed by atoms with Crippen molar-refractivity contribution < 1.29 is 29.6 Å². The normalized spacial score (nSPS) is 17.2. The number of phenols is 2. The van der Waals surface area contributed by atoms with Gasteiger partial charge in [-0.2, -0.15) is 0 Å². The number of morpholine rings is 1. The number of ketones is 1. The highest BCUT2D eigenvalue weighted by molar-refractivity contribution is 6.11. The summed E-state index contributed by atoms with van der Waals surface area (Å²) in [7, 11) is 0. The Bertz CT molecular complexity index is 930. The molecular formula is C22H25NO6. The molecule has 3 rings (SSSR count). The molecule has 1 atom stereocenters. The van der Waals surface area contributed by atoms with Crippen LogP contribution in [0.4, 0.5) is 4.79 Å². The standard InChI is InChI=1S/C22H25NO6/c1-22(2,3)14-6-4-13(5-7-14)18(24)16-9-8-15(19(25)20(16)26)17-12-29-11-10-23(17)21(27)28/h4-9,17,25-26H,10-12H2,1-3H3,(H,27,28). The molecule has 1 fully saturated rings. The molecule has 3 N–H and O–H groups in total. The van der Waals surface area contributed by atoms with Crippen LogP contribution in [0.1, 0.15) is 53.9 Å². The molecule has 0 aromatic heterocycles. The number of nitrogens with zero attached hydrogens (tertiary/aromatic N) is 1. The minimum Gasteiger partial charge on any atom is -0.504 e. The summed E-state index contributed by atoms with van der Waals surface area (Å²) in [5.74, 6) is -1.51. The number of amides is 1. The lowest BCUT2D eigenvalue weighted by Gasteiger charge is -2.34. The highest BCUT2D eigenvalue weighted by Crippen LogP contribution is 2.39. The minimum absolute atomic E-state index is 0.0478. The van der Waals surface area contributed by atoms with Crippen LogP contribution in [0.2, 0.25) is 0 Å². The molecular weight excluding hydrogens is 374 g/mol. The van der Waals surface area contributed by atoms with Gasteiger partial charge in [-0.25, -0.2) is 4.79 Å². The van der Waals surface area contributed by atoms with Gasteiger partial charge in [0.25, 0.3) is 0 Å². The average molecular weight is 399 g/mol. The fourth-order valence-electron chi connectivity index (χ4n) is 3.41. The van der Waals surface area contributed by atoms with Crippen LogP contribution >= 0.6 is 0 Å². The van der Waals surface area contributed by atoms with Crippen LogP contribution in [0.15, 0.2) is 36.4 Å². The monoisotopic (exact) mass is 399 g/mol. The van der Waals surface area contributed by atoms with Crippen LogP contribution < -0.4 is 0 Å². The number of hydrogen-bond donors (Lipinski definition) is 3. The SMILES string of the molecule is CC(C)(C)c1ccc(C(=O)c2ccc(C3COCCN3C(=O)O)c(O)c2O)cc1. The van der Waals surface area contributed by atoms with Gasteiger partial charge in [0.15, 0.2) is 17.3 Å². The van der Waals surface area contributed by atoms with Crippen LogP contribution in [0.5, 0.6) is 11.5 Å². The molecule has 7 nitrogen and oxygen atoms in total. The van der Waals surface area contributed by atoms with E-state index in [1.54, 1.807) is 12.1 Å². The third-order valence-electron chi connectivity index (χ3n) is 5.17. The first-order chi connectivity index (χ1) is 13.6. The van der Waals surface area contributed by atoms with E-state index in [9.17, 15) is 24.9 Å². The number of carbonyl (C=O) groups is 2. The maximum atomic E-state index is 12.8. The van der Waals surface area contributed by atoms with Gasteiger partial charge in [-0.1, -0.05) is 51.1 Å². The van der Waals surface area contributed by atoms with E-state index >= 15 is 0 Å². The zero-order valence-corrected chi connectivity index (χ0v) is 16.7. The van der Waals surface area contributed by atoms with Gasteiger partial charge in [-0.05, 0) is 17.0 Å². The number of phenolic OH excluding ortho intramolecular Hbond substituents is 2. The Morgan fingerprint density at radius 1 is 1.03 bits per heavy atom. The number of aromatic hydroxyl groups is 2. The lowest BCUT2D eigenvalue weighted by atomic mass is 9.86. The zero-order valence-electron chi connectivity index (χ0n) is 16.7. The molecule has 1 heterocycles. The number of rotatable bonds is 3. The highest BCUT2D eigenvalue weighted by Gasteiger charge is 2.32. The number of benzene rings is 2. The third-order valence-corrected chi connectivity index (χ3v) is 5.17. The molecule has 2 aromatic rings. The van der Waals surface area contributed by atoms with Crippen LogP contribution in [0.25, 0.3) is 0 Å². The Hall–Kier alpha value is -3.06. The second-order valence-electron chi connectivity index (χ2n) is 8.12. The van der Waals surface area contributed by atoms with Gasteiger partial charge in [0.1, 0.15) is 0 Å². The van der Waals surface area contributed by atoms with E-state index in [-0.39, 0.29) is 36.3 Å². The van der Waals surface area contributed by atoms with Crippen molar-refractivity contribution in [3.8, 4) is 11.5 Å². The van der Waals surface area contributed by atoms with Crippen LogP contribution in [-0.4, -0.2) is 51.9 Å². The summed E-state index contributed by atoms with van der Waals surface area (Å²) in [4.78, 5) is 25.4. The summed E-state index contributed by atoms with van der Waals surface area (Å²) in [5.41, 5.74) is 1.55. The number of carbonyl (C=O) groups excluding carboxylic acids is 1. The Morgan fingerprint density at radius 3 is 2.28 bits per heavy atom. The first kappa shape index (κ1) is 20.7. The molecule has 1 saturated heterocycles. The van der Waals surface area contributed by atoms with E-state index in [2.05, 4.69) is 20.8 Å². The van der Waals surface area contributed by atoms with Crippen LogP contribution in [0, 0.1) is 0 Å². The molecule has 0 aliphatic carbocycles. The van der Waals surface area contributed by atoms with Crippen molar-refractivity contribution in [1.29, 1.82) is 0 Å². The maximum Gasteiger partial charge on any atom is 0.407 e. The second kappa shape index (κ2) is 7.75. The summed E-state index contributed by atoms with van der Waals surface area (Å²) >= 11 is 0. The molecule has 1 unspecified atom stereocenters. The Morgan fingerprint density at radius 2 is 1.69 bits per heavy atom. The molecule has 7 heteroatoms. The summed E-state index contributed by atoms with van der Waals surface area (Å²) in [5, 5.41) is 30.3. The van der Waals surface area contributed by atoms with E-state index in [4.69, 9.17) is 4.74 Å². The highest BCUT2D eigenvalue weighted by atomic mass is 16.5. The van der Waals surface area contributed by atoms with E-state index in [0.29, 0.717) is 5.56 Å². The van der Waals surface area contributed by atoms with Crippen molar-refractivity contribution in [1.82, 2.24) is 4.90 Å². The lowest BCUT2D eigenvalue weighted by Crippen LogP contribution is -2.42. The lowest BCUT2D eigenvalue weighted by molar-refractivity contribution is -0.00166. The summed E-state index contributed by atoms with van der Waals surface area (Å²) in [6.07, 6.45) is -1.14. The van der Waals surface area contributed by atoms with Crippen molar-refractivity contribution in [2.45, 2.75) is 32.2 Å².